The van der Waals surface area contributed by atoms with Crippen molar-refractivity contribution in [3.8, 4) is 18.2 Å². The molecule has 90 valence electrons. The maximum absolute atomic E-state index is 11.3. The zero-order valence-corrected chi connectivity index (χ0v) is 9.69. The van der Waals surface area contributed by atoms with Crippen molar-refractivity contribution in [1.29, 1.82) is 0 Å². The van der Waals surface area contributed by atoms with Crippen LogP contribution < -0.4 is 15.4 Å². The van der Waals surface area contributed by atoms with E-state index in [0.29, 0.717) is 19.0 Å². The summed E-state index contributed by atoms with van der Waals surface area (Å²) < 4.78 is 4.93. The second-order valence-electron chi connectivity index (χ2n) is 3.29. The van der Waals surface area contributed by atoms with Gasteiger partial charge in [-0.05, 0) is 5.56 Å². The summed E-state index contributed by atoms with van der Waals surface area (Å²) in [5.41, 5.74) is 0.913. The summed E-state index contributed by atoms with van der Waals surface area (Å²) in [5.74, 6) is 2.85. The summed E-state index contributed by atoms with van der Waals surface area (Å²) >= 11 is 0. The first kappa shape index (κ1) is 13.0. The molecule has 0 saturated carbocycles. The Labute approximate surface area is 101 Å². The summed E-state index contributed by atoms with van der Waals surface area (Å²) in [6, 6.07) is 3.60. The molecule has 0 spiro atoms. The molecule has 0 aliphatic rings. The van der Waals surface area contributed by atoms with E-state index in [2.05, 4.69) is 21.5 Å². The Bertz CT molecular complexity index is 395. The van der Waals surface area contributed by atoms with E-state index in [4.69, 9.17) is 11.2 Å². The van der Waals surface area contributed by atoms with Gasteiger partial charge in [0.25, 0.3) is 0 Å². The van der Waals surface area contributed by atoms with E-state index in [1.54, 1.807) is 19.4 Å². The molecule has 1 amide bonds. The fraction of sp³-hybridized carbons (Fsp3) is 0.333. The highest BCUT2D eigenvalue weighted by atomic mass is 16.5. The molecule has 5 heteroatoms. The molecule has 0 aliphatic heterocycles. The van der Waals surface area contributed by atoms with Gasteiger partial charge in [-0.15, -0.1) is 6.42 Å². The third-order valence-corrected chi connectivity index (χ3v) is 2.01. The number of amides is 1. The molecule has 0 unspecified atom stereocenters. The lowest BCUT2D eigenvalue weighted by atomic mass is 10.3. The van der Waals surface area contributed by atoms with Gasteiger partial charge in [-0.25, -0.2) is 4.98 Å². The normalized spacial score (nSPS) is 9.41. The van der Waals surface area contributed by atoms with E-state index in [0.717, 1.165) is 5.56 Å². The molecule has 2 N–H and O–H groups in total. The number of aromatic nitrogens is 1. The van der Waals surface area contributed by atoms with Crippen molar-refractivity contribution in [2.24, 2.45) is 0 Å². The molecule has 1 heterocycles. The van der Waals surface area contributed by atoms with Gasteiger partial charge in [-0.2, -0.15) is 0 Å². The van der Waals surface area contributed by atoms with Crippen molar-refractivity contribution in [2.45, 2.75) is 6.54 Å². The van der Waals surface area contributed by atoms with E-state index in [9.17, 15) is 4.79 Å². The van der Waals surface area contributed by atoms with Crippen LogP contribution in [0.5, 0.6) is 5.88 Å². The molecule has 1 aromatic heterocycles. The number of rotatable bonds is 6. The standard InChI is InChI=1S/C12H15N3O2/c1-3-6-13-9-11(16)14-7-10-4-5-12(17-2)15-8-10/h1,4-5,8,13H,6-7,9H2,2H3,(H,14,16). The number of carbonyl (C=O) groups excluding carboxylic acids is 1. The van der Waals surface area contributed by atoms with Crippen LogP contribution in [0.3, 0.4) is 0 Å². The van der Waals surface area contributed by atoms with Crippen molar-refractivity contribution in [3.63, 3.8) is 0 Å². The Kier molecular flexibility index (Phi) is 5.55. The lowest BCUT2D eigenvalue weighted by molar-refractivity contribution is -0.120. The van der Waals surface area contributed by atoms with E-state index in [1.807, 2.05) is 6.07 Å². The number of hydrogen-bond donors (Lipinski definition) is 2. The molecule has 0 aliphatic carbocycles. The maximum Gasteiger partial charge on any atom is 0.234 e. The maximum atomic E-state index is 11.3. The number of nitrogens with one attached hydrogen (secondary N) is 2. The molecule has 0 aromatic carbocycles. The van der Waals surface area contributed by atoms with Crippen molar-refractivity contribution < 1.29 is 9.53 Å². The van der Waals surface area contributed by atoms with Crippen molar-refractivity contribution in [3.05, 3.63) is 23.9 Å². The zero-order valence-electron chi connectivity index (χ0n) is 9.69. The van der Waals surface area contributed by atoms with Crippen LogP contribution >= 0.6 is 0 Å². The summed E-state index contributed by atoms with van der Waals surface area (Å²) in [6.45, 7) is 1.04. The highest BCUT2D eigenvalue weighted by Crippen LogP contribution is 2.05. The van der Waals surface area contributed by atoms with Gasteiger partial charge in [0.15, 0.2) is 0 Å². The largest absolute Gasteiger partial charge is 0.481 e. The predicted octanol–water partition coefficient (Wildman–Crippen LogP) is -0.0708. The van der Waals surface area contributed by atoms with Crippen LogP contribution in [0.25, 0.3) is 0 Å². The van der Waals surface area contributed by atoms with Gasteiger partial charge < -0.3 is 10.1 Å². The Balaban J connectivity index is 2.29. The molecule has 1 aromatic rings. The molecule has 1 rings (SSSR count). The molecular formula is C12H15N3O2. The van der Waals surface area contributed by atoms with Gasteiger partial charge in [0.05, 0.1) is 20.2 Å². The Morgan fingerprint density at radius 2 is 2.41 bits per heavy atom. The van der Waals surface area contributed by atoms with Gasteiger partial charge in [0.2, 0.25) is 11.8 Å². The number of nitrogens with zero attached hydrogens (tertiary/aromatic N) is 1. The lowest BCUT2D eigenvalue weighted by Gasteiger charge is -2.05. The van der Waals surface area contributed by atoms with Gasteiger partial charge in [0, 0.05) is 18.8 Å². The van der Waals surface area contributed by atoms with Gasteiger partial charge in [0.1, 0.15) is 0 Å². The molecule has 5 nitrogen and oxygen atoms in total. The Morgan fingerprint density at radius 3 is 3.00 bits per heavy atom. The fourth-order valence-electron chi connectivity index (χ4n) is 1.15. The number of ether oxygens (including phenoxy) is 1. The summed E-state index contributed by atoms with van der Waals surface area (Å²) in [4.78, 5) is 15.4. The number of methoxy groups -OCH3 is 1. The third kappa shape index (κ3) is 5.00. The monoisotopic (exact) mass is 233 g/mol. The van der Waals surface area contributed by atoms with Crippen LogP contribution in [-0.2, 0) is 11.3 Å². The quantitative estimate of drug-likeness (QED) is 0.533. The van der Waals surface area contributed by atoms with Gasteiger partial charge >= 0.3 is 0 Å². The van der Waals surface area contributed by atoms with E-state index in [-0.39, 0.29) is 12.5 Å². The Morgan fingerprint density at radius 1 is 1.59 bits per heavy atom. The van der Waals surface area contributed by atoms with Crippen molar-refractivity contribution >= 4 is 5.91 Å². The first-order valence-electron chi connectivity index (χ1n) is 5.16. The number of carbonyl (C=O) groups is 1. The second kappa shape index (κ2) is 7.25. The van der Waals surface area contributed by atoms with Crippen LogP contribution in [0, 0.1) is 12.3 Å². The van der Waals surface area contributed by atoms with Crippen LogP contribution in [0.2, 0.25) is 0 Å². The van der Waals surface area contributed by atoms with Crippen LogP contribution in [0.1, 0.15) is 5.56 Å². The molecule has 0 saturated heterocycles. The minimum Gasteiger partial charge on any atom is -0.481 e. The number of pyridine rings is 1. The Hall–Kier alpha value is -2.06. The average Bonchev–Trinajstić information content (AvgIpc) is 2.37. The SMILES string of the molecule is C#CCNCC(=O)NCc1ccc(OC)nc1. The molecule has 0 radical (unpaired) electrons. The second-order valence-corrected chi connectivity index (χ2v) is 3.29. The molecule has 0 fully saturated rings. The average molecular weight is 233 g/mol. The minimum absolute atomic E-state index is 0.101. The minimum atomic E-state index is -0.101. The molecule has 0 atom stereocenters. The number of terminal acetylenes is 1. The van der Waals surface area contributed by atoms with E-state index < -0.39 is 0 Å². The highest BCUT2D eigenvalue weighted by molar-refractivity contribution is 5.77. The first-order valence-corrected chi connectivity index (χ1v) is 5.16. The van der Waals surface area contributed by atoms with Crippen molar-refractivity contribution in [2.75, 3.05) is 20.2 Å². The van der Waals surface area contributed by atoms with E-state index >= 15 is 0 Å². The number of hydrogen-bond acceptors (Lipinski definition) is 4. The van der Waals surface area contributed by atoms with Gasteiger partial charge in [-0.1, -0.05) is 12.0 Å². The fourth-order valence-corrected chi connectivity index (χ4v) is 1.15. The van der Waals surface area contributed by atoms with Crippen LogP contribution in [0.4, 0.5) is 0 Å². The van der Waals surface area contributed by atoms with Crippen LogP contribution in [-0.4, -0.2) is 31.1 Å². The highest BCUT2D eigenvalue weighted by Gasteiger charge is 2.00. The molecule has 17 heavy (non-hydrogen) atoms. The zero-order chi connectivity index (χ0) is 12.5. The molecule has 0 bridgehead atoms. The first-order chi connectivity index (χ1) is 8.26. The third-order valence-electron chi connectivity index (χ3n) is 2.01. The van der Waals surface area contributed by atoms with Crippen LogP contribution in [0.15, 0.2) is 18.3 Å². The topological polar surface area (TPSA) is 63.2 Å². The lowest BCUT2D eigenvalue weighted by Crippen LogP contribution is -2.33. The van der Waals surface area contributed by atoms with E-state index in [1.165, 1.54) is 0 Å². The summed E-state index contributed by atoms with van der Waals surface area (Å²) in [7, 11) is 1.56. The van der Waals surface area contributed by atoms with Crippen molar-refractivity contribution in [1.82, 2.24) is 15.6 Å². The molecular weight excluding hydrogens is 218 g/mol. The summed E-state index contributed by atoms with van der Waals surface area (Å²) in [6.07, 6.45) is 6.70. The predicted molar refractivity (Wildman–Crippen MR) is 64.3 cm³/mol. The summed E-state index contributed by atoms with van der Waals surface area (Å²) in [5, 5.41) is 5.55. The smallest absolute Gasteiger partial charge is 0.234 e. The van der Waals surface area contributed by atoms with Gasteiger partial charge in [-0.3, -0.25) is 10.1 Å².